The van der Waals surface area contributed by atoms with Crippen LogP contribution in [0, 0.1) is 11.3 Å². The van der Waals surface area contributed by atoms with Gasteiger partial charge in [-0.05, 0) is 55.7 Å². The van der Waals surface area contributed by atoms with E-state index in [0.717, 1.165) is 13.1 Å². The molecule has 5 rings (SSSR count). The van der Waals surface area contributed by atoms with Crippen molar-refractivity contribution in [3.8, 4) is 0 Å². The number of rotatable bonds is 2. The molecule has 1 atom stereocenters. The molecule has 1 N–H and O–H groups in total. The van der Waals surface area contributed by atoms with Crippen LogP contribution in [0.15, 0.2) is 30.6 Å². The van der Waals surface area contributed by atoms with Crippen molar-refractivity contribution < 1.29 is 9.90 Å². The first-order valence-electron chi connectivity index (χ1n) is 9.03. The van der Waals surface area contributed by atoms with Crippen LogP contribution in [-0.4, -0.2) is 44.7 Å². The first-order valence-corrected chi connectivity index (χ1v) is 9.03. The second-order valence-electron chi connectivity index (χ2n) is 8.08. The lowest BCUT2D eigenvalue weighted by atomic mass is 9.74. The molecular formula is C19H23N3O2. The van der Waals surface area contributed by atoms with Crippen molar-refractivity contribution in [2.45, 2.75) is 44.1 Å². The Balaban J connectivity index is 1.27. The van der Waals surface area contributed by atoms with E-state index in [2.05, 4.69) is 23.3 Å². The fraction of sp³-hybridized carbons (Fsp3) is 0.579. The Morgan fingerprint density at radius 3 is 2.92 bits per heavy atom. The van der Waals surface area contributed by atoms with Crippen LogP contribution >= 0.6 is 0 Å². The Bertz CT molecular complexity index is 787. The number of likely N-dealkylation sites (tertiary alicyclic amines) is 1. The van der Waals surface area contributed by atoms with E-state index in [1.807, 2.05) is 21.8 Å². The van der Waals surface area contributed by atoms with Crippen molar-refractivity contribution >= 4 is 11.4 Å². The van der Waals surface area contributed by atoms with Crippen molar-refractivity contribution in [2.75, 3.05) is 13.1 Å². The summed E-state index contributed by atoms with van der Waals surface area (Å²) in [6, 6.07) is 6.41. The molecule has 1 amide bonds. The van der Waals surface area contributed by atoms with Gasteiger partial charge in [0.1, 0.15) is 0 Å². The molecule has 0 aromatic carbocycles. The lowest BCUT2D eigenvalue weighted by molar-refractivity contribution is -0.154. The van der Waals surface area contributed by atoms with Gasteiger partial charge in [-0.3, -0.25) is 4.79 Å². The van der Waals surface area contributed by atoms with Crippen molar-refractivity contribution in [2.24, 2.45) is 11.3 Å². The number of aliphatic hydroxyl groups is 1. The summed E-state index contributed by atoms with van der Waals surface area (Å²) in [5, 5.41) is 13.7. The molecule has 24 heavy (non-hydrogen) atoms. The van der Waals surface area contributed by atoms with E-state index in [0.29, 0.717) is 24.2 Å². The van der Waals surface area contributed by atoms with E-state index in [4.69, 9.17) is 0 Å². The molecule has 0 radical (unpaired) electrons. The number of amides is 1. The van der Waals surface area contributed by atoms with E-state index >= 15 is 0 Å². The van der Waals surface area contributed by atoms with Crippen molar-refractivity contribution in [3.63, 3.8) is 0 Å². The predicted octanol–water partition coefficient (Wildman–Crippen LogP) is 2.20. The monoisotopic (exact) mass is 325 g/mol. The summed E-state index contributed by atoms with van der Waals surface area (Å²) in [4.78, 5) is 14.4. The smallest absolute Gasteiger partial charge is 0.225 e. The van der Waals surface area contributed by atoms with Gasteiger partial charge in [-0.15, -0.1) is 0 Å². The zero-order chi connectivity index (χ0) is 16.3. The quantitative estimate of drug-likeness (QED) is 0.921. The number of aliphatic hydroxyl groups excluding tert-OH is 1. The van der Waals surface area contributed by atoms with Gasteiger partial charge in [-0.2, -0.15) is 5.10 Å². The molecule has 5 heteroatoms. The molecule has 1 unspecified atom stereocenters. The molecule has 1 spiro atoms. The third-order valence-electron chi connectivity index (χ3n) is 6.44. The highest BCUT2D eigenvalue weighted by Gasteiger charge is 2.51. The highest BCUT2D eigenvalue weighted by Crippen LogP contribution is 2.52. The largest absolute Gasteiger partial charge is 0.393 e. The maximum Gasteiger partial charge on any atom is 0.225 e. The molecule has 0 bridgehead atoms. The van der Waals surface area contributed by atoms with Crippen LogP contribution in [0.3, 0.4) is 0 Å². The number of fused-ring (bicyclic) bond motifs is 1. The normalized spacial score (nSPS) is 31.2. The number of aromatic nitrogens is 2. The summed E-state index contributed by atoms with van der Waals surface area (Å²) in [5.74, 6) is 0.926. The van der Waals surface area contributed by atoms with Crippen LogP contribution in [0.4, 0.5) is 0 Å². The number of carbonyl (C=O) groups is 1. The second-order valence-corrected chi connectivity index (χ2v) is 8.08. The lowest BCUT2D eigenvalue weighted by Gasteiger charge is -2.50. The van der Waals surface area contributed by atoms with E-state index in [1.165, 1.54) is 30.3 Å². The second kappa shape index (κ2) is 5.06. The van der Waals surface area contributed by atoms with Crippen LogP contribution in [0.25, 0.3) is 5.52 Å². The highest BCUT2D eigenvalue weighted by molar-refractivity contribution is 5.80. The highest BCUT2D eigenvalue weighted by atomic mass is 16.3. The van der Waals surface area contributed by atoms with Gasteiger partial charge in [-0.25, -0.2) is 4.52 Å². The molecule has 2 aromatic rings. The number of pyridine rings is 1. The first-order chi connectivity index (χ1) is 11.6. The fourth-order valence-corrected chi connectivity index (χ4v) is 5.05. The van der Waals surface area contributed by atoms with E-state index in [1.54, 1.807) is 0 Å². The van der Waals surface area contributed by atoms with Crippen LogP contribution in [0.5, 0.6) is 0 Å². The zero-order valence-corrected chi connectivity index (χ0v) is 13.8. The minimum absolute atomic E-state index is 0.0788. The SMILES string of the molecule is O=C([C@H]1C[C@@H](O)C1)N1CC2(CCC(c3cccn4nccc34)C2)C1. The van der Waals surface area contributed by atoms with Gasteiger partial charge in [0, 0.05) is 36.8 Å². The lowest BCUT2D eigenvalue weighted by Crippen LogP contribution is -2.60. The maximum atomic E-state index is 12.4. The van der Waals surface area contributed by atoms with Gasteiger partial charge < -0.3 is 10.0 Å². The minimum atomic E-state index is -0.249. The molecule has 126 valence electrons. The van der Waals surface area contributed by atoms with Gasteiger partial charge in [-0.1, -0.05) is 6.07 Å². The van der Waals surface area contributed by atoms with E-state index in [9.17, 15) is 9.90 Å². The number of hydrogen-bond acceptors (Lipinski definition) is 3. The van der Waals surface area contributed by atoms with E-state index < -0.39 is 0 Å². The molecule has 5 nitrogen and oxygen atoms in total. The summed E-state index contributed by atoms with van der Waals surface area (Å²) in [5.41, 5.74) is 2.95. The topological polar surface area (TPSA) is 57.8 Å². The zero-order valence-electron chi connectivity index (χ0n) is 13.8. The molecule has 3 fully saturated rings. The van der Waals surface area contributed by atoms with Gasteiger partial charge in [0.25, 0.3) is 0 Å². The Hall–Kier alpha value is -1.88. The summed E-state index contributed by atoms with van der Waals surface area (Å²) in [6.07, 6.45) is 8.53. The predicted molar refractivity (Wildman–Crippen MR) is 89.5 cm³/mol. The molecule has 2 aliphatic carbocycles. The van der Waals surface area contributed by atoms with Crippen molar-refractivity contribution in [1.82, 2.24) is 14.5 Å². The van der Waals surface area contributed by atoms with Gasteiger partial charge in [0.15, 0.2) is 0 Å². The van der Waals surface area contributed by atoms with Crippen molar-refractivity contribution in [1.29, 1.82) is 0 Å². The molecule has 2 saturated carbocycles. The third-order valence-corrected chi connectivity index (χ3v) is 6.44. The van der Waals surface area contributed by atoms with Crippen LogP contribution in [0.2, 0.25) is 0 Å². The Kier molecular flexibility index (Phi) is 3.05. The molecular weight excluding hydrogens is 302 g/mol. The molecule has 1 saturated heterocycles. The van der Waals surface area contributed by atoms with Crippen LogP contribution < -0.4 is 0 Å². The molecule has 3 aliphatic rings. The standard InChI is InChI=1S/C19H23N3O2/c23-15-8-14(9-15)18(24)21-11-19(12-21)5-3-13(10-19)16-2-1-7-22-17(16)4-6-20-22/h1-2,4,6-7,13-15,23H,3,5,8-12H2/t13?,14-,15+. The number of hydrogen-bond donors (Lipinski definition) is 1. The number of carbonyl (C=O) groups excluding carboxylic acids is 1. The van der Waals surface area contributed by atoms with Gasteiger partial charge >= 0.3 is 0 Å². The summed E-state index contributed by atoms with van der Waals surface area (Å²) in [7, 11) is 0. The summed E-state index contributed by atoms with van der Waals surface area (Å²) < 4.78 is 1.96. The van der Waals surface area contributed by atoms with Crippen LogP contribution in [-0.2, 0) is 4.79 Å². The first kappa shape index (κ1) is 14.5. The van der Waals surface area contributed by atoms with Gasteiger partial charge in [0.05, 0.1) is 11.6 Å². The maximum absolute atomic E-state index is 12.4. The average molecular weight is 325 g/mol. The van der Waals surface area contributed by atoms with Crippen molar-refractivity contribution in [3.05, 3.63) is 36.2 Å². The van der Waals surface area contributed by atoms with Crippen LogP contribution in [0.1, 0.15) is 43.6 Å². The summed E-state index contributed by atoms with van der Waals surface area (Å²) >= 11 is 0. The molecule has 3 heterocycles. The molecule has 1 aliphatic heterocycles. The van der Waals surface area contributed by atoms with E-state index in [-0.39, 0.29) is 17.9 Å². The summed E-state index contributed by atoms with van der Waals surface area (Å²) in [6.45, 7) is 1.83. The fourth-order valence-electron chi connectivity index (χ4n) is 5.05. The minimum Gasteiger partial charge on any atom is -0.393 e. The molecule has 2 aromatic heterocycles. The Morgan fingerprint density at radius 1 is 1.29 bits per heavy atom. The Labute approximate surface area is 141 Å². The number of nitrogens with zero attached hydrogens (tertiary/aromatic N) is 3. The average Bonchev–Trinajstić information content (AvgIpc) is 3.16. The Morgan fingerprint density at radius 2 is 2.12 bits per heavy atom. The van der Waals surface area contributed by atoms with Gasteiger partial charge in [0.2, 0.25) is 5.91 Å². The third kappa shape index (κ3) is 2.10.